The van der Waals surface area contributed by atoms with Gasteiger partial charge in [-0.1, -0.05) is 12.5 Å². The van der Waals surface area contributed by atoms with Crippen molar-refractivity contribution >= 4 is 15.9 Å². The van der Waals surface area contributed by atoms with Crippen LogP contribution in [0.5, 0.6) is 5.75 Å². The van der Waals surface area contributed by atoms with E-state index in [0.717, 1.165) is 17.1 Å². The van der Waals surface area contributed by atoms with Crippen LogP contribution in [0.1, 0.15) is 31.2 Å². The Morgan fingerprint density at radius 3 is 3.00 bits per heavy atom. The number of nitrogens with one attached hydrogen (secondary N) is 1. The molecule has 0 aromatic heterocycles. The van der Waals surface area contributed by atoms with E-state index in [4.69, 9.17) is 0 Å². The summed E-state index contributed by atoms with van der Waals surface area (Å²) in [6.07, 6.45) is 5.36. The highest BCUT2D eigenvalue weighted by Gasteiger charge is 2.34. The second-order valence-corrected chi connectivity index (χ2v) is 6.52. The number of hydrogen-bond donors (Lipinski definition) is 2. The summed E-state index contributed by atoms with van der Waals surface area (Å²) in [5, 5.41) is 13.2. The van der Waals surface area contributed by atoms with E-state index >= 15 is 0 Å². The summed E-state index contributed by atoms with van der Waals surface area (Å²) in [6, 6.07) is 7.11. The molecule has 2 saturated heterocycles. The van der Waals surface area contributed by atoms with E-state index in [9.17, 15) is 5.11 Å². The smallest absolute Gasteiger partial charge is 0.129 e. The number of fused-ring (bicyclic) bond motifs is 1. The van der Waals surface area contributed by atoms with Gasteiger partial charge < -0.3 is 10.4 Å². The second kappa shape index (κ2) is 5.81. The molecule has 1 aromatic carbocycles. The van der Waals surface area contributed by atoms with E-state index in [0.29, 0.717) is 11.8 Å². The molecule has 0 saturated carbocycles. The van der Waals surface area contributed by atoms with E-state index in [1.807, 2.05) is 12.1 Å². The number of piperidine rings is 1. The lowest BCUT2D eigenvalue weighted by molar-refractivity contribution is 0.180. The van der Waals surface area contributed by atoms with Gasteiger partial charge in [0.05, 0.1) is 4.47 Å². The van der Waals surface area contributed by atoms with E-state index in [1.165, 1.54) is 44.3 Å². The van der Waals surface area contributed by atoms with E-state index < -0.39 is 0 Å². The molecule has 2 aliphatic rings. The Morgan fingerprint density at radius 2 is 2.16 bits per heavy atom. The van der Waals surface area contributed by atoms with Gasteiger partial charge in [0.2, 0.25) is 0 Å². The van der Waals surface area contributed by atoms with E-state index in [-0.39, 0.29) is 0 Å². The first-order chi connectivity index (χ1) is 9.24. The maximum atomic E-state index is 9.50. The first kappa shape index (κ1) is 13.4. The molecule has 19 heavy (non-hydrogen) atoms. The molecule has 2 unspecified atom stereocenters. The number of phenols is 1. The Morgan fingerprint density at radius 1 is 1.26 bits per heavy atom. The number of benzene rings is 1. The summed E-state index contributed by atoms with van der Waals surface area (Å²) < 4.78 is 0.775. The standard InChI is InChI=1S/C15H21BrN2O/c16-12-9-11(4-5-15(12)19)10-17-13-6-8-18-7-2-1-3-14(13)18/h4-5,9,13-14,17,19H,1-3,6-8,10H2. The van der Waals surface area contributed by atoms with Crippen LogP contribution in [0.3, 0.4) is 0 Å². The minimum Gasteiger partial charge on any atom is -0.507 e. The third kappa shape index (κ3) is 2.96. The molecular formula is C15H21BrN2O. The first-order valence-electron chi connectivity index (χ1n) is 7.19. The van der Waals surface area contributed by atoms with Gasteiger partial charge in [0.1, 0.15) is 5.75 Å². The summed E-state index contributed by atoms with van der Waals surface area (Å²) in [5.41, 5.74) is 1.22. The first-order valence-corrected chi connectivity index (χ1v) is 7.98. The Balaban J connectivity index is 1.58. The van der Waals surface area contributed by atoms with Gasteiger partial charge in [-0.15, -0.1) is 0 Å². The number of rotatable bonds is 3. The summed E-state index contributed by atoms with van der Waals surface area (Å²) in [4.78, 5) is 2.65. The fraction of sp³-hybridized carbons (Fsp3) is 0.600. The van der Waals surface area contributed by atoms with Crippen LogP contribution in [0, 0.1) is 0 Å². The molecule has 2 fully saturated rings. The van der Waals surface area contributed by atoms with Crippen molar-refractivity contribution in [3.63, 3.8) is 0 Å². The van der Waals surface area contributed by atoms with Crippen molar-refractivity contribution < 1.29 is 5.11 Å². The van der Waals surface area contributed by atoms with Gasteiger partial charge in [0, 0.05) is 25.2 Å². The number of phenolic OH excluding ortho intramolecular Hbond substituents is 1. The highest BCUT2D eigenvalue weighted by atomic mass is 79.9. The fourth-order valence-electron chi connectivity index (χ4n) is 3.39. The normalized spacial score (nSPS) is 27.4. The van der Waals surface area contributed by atoms with Gasteiger partial charge >= 0.3 is 0 Å². The number of halogens is 1. The molecule has 3 nitrogen and oxygen atoms in total. The van der Waals surface area contributed by atoms with Gasteiger partial charge in [0.15, 0.2) is 0 Å². The lowest BCUT2D eigenvalue weighted by Crippen LogP contribution is -2.44. The molecule has 3 rings (SSSR count). The van der Waals surface area contributed by atoms with Crippen molar-refractivity contribution in [2.75, 3.05) is 13.1 Å². The summed E-state index contributed by atoms with van der Waals surface area (Å²) in [6.45, 7) is 3.42. The molecule has 0 spiro atoms. The lowest BCUT2D eigenvalue weighted by atomic mass is 9.99. The molecule has 2 aliphatic heterocycles. The number of aromatic hydroxyl groups is 1. The largest absolute Gasteiger partial charge is 0.507 e. The SMILES string of the molecule is Oc1ccc(CNC2CCN3CCCCC23)cc1Br. The zero-order valence-electron chi connectivity index (χ0n) is 11.1. The van der Waals surface area contributed by atoms with Crippen LogP contribution in [-0.2, 0) is 6.54 Å². The topological polar surface area (TPSA) is 35.5 Å². The predicted molar refractivity (Wildman–Crippen MR) is 80.3 cm³/mol. The maximum absolute atomic E-state index is 9.50. The van der Waals surface area contributed by atoms with Crippen LogP contribution in [0.4, 0.5) is 0 Å². The lowest BCUT2D eigenvalue weighted by Gasteiger charge is -2.32. The van der Waals surface area contributed by atoms with Gasteiger partial charge in [-0.3, -0.25) is 4.90 Å². The molecule has 0 aliphatic carbocycles. The monoisotopic (exact) mass is 324 g/mol. The molecule has 1 aromatic rings. The van der Waals surface area contributed by atoms with Crippen molar-refractivity contribution in [3.8, 4) is 5.75 Å². The molecular weight excluding hydrogens is 304 g/mol. The Kier molecular flexibility index (Phi) is 4.10. The Labute approximate surface area is 123 Å². The molecule has 0 bridgehead atoms. The third-order valence-corrected chi connectivity index (χ3v) is 5.07. The molecule has 2 heterocycles. The quantitative estimate of drug-likeness (QED) is 0.897. The fourth-order valence-corrected chi connectivity index (χ4v) is 3.82. The Hall–Kier alpha value is -0.580. The minimum atomic E-state index is 0.308. The van der Waals surface area contributed by atoms with Crippen molar-refractivity contribution in [1.29, 1.82) is 0 Å². The number of hydrogen-bond acceptors (Lipinski definition) is 3. The van der Waals surface area contributed by atoms with Gasteiger partial charge in [-0.05, 0) is 59.4 Å². The average Bonchev–Trinajstić information content (AvgIpc) is 2.83. The van der Waals surface area contributed by atoms with Crippen LogP contribution in [0.25, 0.3) is 0 Å². The third-order valence-electron chi connectivity index (χ3n) is 4.44. The van der Waals surface area contributed by atoms with Crippen LogP contribution in [-0.4, -0.2) is 35.2 Å². The van der Waals surface area contributed by atoms with E-state index in [1.54, 1.807) is 6.07 Å². The Bertz CT molecular complexity index is 452. The number of nitrogens with zero attached hydrogens (tertiary/aromatic N) is 1. The molecule has 4 heteroatoms. The van der Waals surface area contributed by atoms with Crippen molar-refractivity contribution in [1.82, 2.24) is 10.2 Å². The second-order valence-electron chi connectivity index (χ2n) is 5.66. The highest BCUT2D eigenvalue weighted by molar-refractivity contribution is 9.10. The van der Waals surface area contributed by atoms with Crippen LogP contribution < -0.4 is 5.32 Å². The van der Waals surface area contributed by atoms with Crippen molar-refractivity contribution in [3.05, 3.63) is 28.2 Å². The maximum Gasteiger partial charge on any atom is 0.129 e. The molecule has 0 radical (unpaired) electrons. The van der Waals surface area contributed by atoms with Crippen LogP contribution >= 0.6 is 15.9 Å². The molecule has 2 atom stereocenters. The molecule has 2 N–H and O–H groups in total. The molecule has 104 valence electrons. The zero-order valence-corrected chi connectivity index (χ0v) is 12.7. The predicted octanol–water partition coefficient (Wildman–Crippen LogP) is 2.87. The van der Waals surface area contributed by atoms with E-state index in [2.05, 4.69) is 26.1 Å². The molecule has 0 amide bonds. The van der Waals surface area contributed by atoms with Crippen LogP contribution in [0.2, 0.25) is 0 Å². The summed E-state index contributed by atoms with van der Waals surface area (Å²) >= 11 is 3.37. The minimum absolute atomic E-state index is 0.308. The van der Waals surface area contributed by atoms with Crippen molar-refractivity contribution in [2.24, 2.45) is 0 Å². The van der Waals surface area contributed by atoms with Gasteiger partial charge in [-0.25, -0.2) is 0 Å². The van der Waals surface area contributed by atoms with Crippen molar-refractivity contribution in [2.45, 2.75) is 44.3 Å². The summed E-state index contributed by atoms with van der Waals surface area (Å²) in [7, 11) is 0. The van der Waals surface area contributed by atoms with Gasteiger partial charge in [0.25, 0.3) is 0 Å². The highest BCUT2D eigenvalue weighted by Crippen LogP contribution is 2.28. The summed E-state index contributed by atoms with van der Waals surface area (Å²) in [5.74, 6) is 0.308. The zero-order chi connectivity index (χ0) is 13.2. The average molecular weight is 325 g/mol. The van der Waals surface area contributed by atoms with Crippen LogP contribution in [0.15, 0.2) is 22.7 Å². The van der Waals surface area contributed by atoms with Gasteiger partial charge in [-0.2, -0.15) is 0 Å².